The molecule has 0 radical (unpaired) electrons. The lowest BCUT2D eigenvalue weighted by Crippen LogP contribution is -2.38. The summed E-state index contributed by atoms with van der Waals surface area (Å²) >= 11 is 0. The molecule has 33 heavy (non-hydrogen) atoms. The first kappa shape index (κ1) is 22.7. The number of amides is 3. The Kier molecular flexibility index (Phi) is 7.17. The fourth-order valence-electron chi connectivity index (χ4n) is 4.73. The minimum atomic E-state index is -0.759. The zero-order chi connectivity index (χ0) is 23.2. The molecule has 3 amide bonds. The van der Waals surface area contributed by atoms with E-state index in [0.29, 0.717) is 19.3 Å². The third-order valence-corrected chi connectivity index (χ3v) is 6.40. The molecule has 7 nitrogen and oxygen atoms in total. The van der Waals surface area contributed by atoms with Gasteiger partial charge in [0.1, 0.15) is 6.54 Å². The third-order valence-electron chi connectivity index (χ3n) is 6.40. The normalized spacial score (nSPS) is 20.8. The molecule has 2 aromatic carbocycles. The summed E-state index contributed by atoms with van der Waals surface area (Å²) in [5.41, 5.74) is 2.01. The second-order valence-electron chi connectivity index (χ2n) is 8.64. The second-order valence-corrected chi connectivity index (χ2v) is 8.64. The molecule has 1 aliphatic heterocycles. The topological polar surface area (TPSA) is 92.8 Å². The van der Waals surface area contributed by atoms with Crippen LogP contribution in [-0.2, 0) is 30.3 Å². The number of ether oxygens (including phenoxy) is 1. The van der Waals surface area contributed by atoms with Crippen LogP contribution >= 0.6 is 0 Å². The van der Waals surface area contributed by atoms with E-state index >= 15 is 0 Å². The Labute approximate surface area is 193 Å². The average molecular weight is 449 g/mol. The number of imide groups is 1. The number of rotatable bonds is 8. The highest BCUT2D eigenvalue weighted by Crippen LogP contribution is 2.37. The van der Waals surface area contributed by atoms with E-state index in [0.717, 1.165) is 28.9 Å². The van der Waals surface area contributed by atoms with Crippen LogP contribution in [0.3, 0.4) is 0 Å². The molecule has 3 unspecified atom stereocenters. The van der Waals surface area contributed by atoms with E-state index in [1.165, 1.54) is 0 Å². The van der Waals surface area contributed by atoms with Crippen molar-refractivity contribution in [2.75, 3.05) is 13.2 Å². The van der Waals surface area contributed by atoms with Crippen molar-refractivity contribution in [3.05, 3.63) is 71.8 Å². The van der Waals surface area contributed by atoms with Crippen LogP contribution in [0.2, 0.25) is 0 Å². The lowest BCUT2D eigenvalue weighted by Gasteiger charge is -2.20. The maximum atomic E-state index is 12.6. The molecule has 2 aliphatic rings. The highest BCUT2D eigenvalue weighted by atomic mass is 16.5. The van der Waals surface area contributed by atoms with Gasteiger partial charge in [-0.1, -0.05) is 73.5 Å². The molecule has 3 atom stereocenters. The number of esters is 1. The zero-order valence-electron chi connectivity index (χ0n) is 18.4. The Balaban J connectivity index is 1.32. The van der Waals surface area contributed by atoms with Gasteiger partial charge in [-0.25, -0.2) is 0 Å². The quantitative estimate of drug-likeness (QED) is 0.495. The van der Waals surface area contributed by atoms with Gasteiger partial charge < -0.3 is 10.1 Å². The molecule has 1 saturated heterocycles. The Morgan fingerprint density at radius 1 is 0.909 bits per heavy atom. The summed E-state index contributed by atoms with van der Waals surface area (Å²) in [4.78, 5) is 50.9. The van der Waals surface area contributed by atoms with Crippen LogP contribution in [0.15, 0.2) is 60.7 Å². The summed E-state index contributed by atoms with van der Waals surface area (Å²) in [6.45, 7) is -0.913. The first-order chi connectivity index (χ1) is 16.0. The van der Waals surface area contributed by atoms with E-state index < -0.39 is 25.0 Å². The summed E-state index contributed by atoms with van der Waals surface area (Å²) in [5.74, 6) is -2.42. The number of nitrogens with one attached hydrogen (secondary N) is 1. The number of hydrogen-bond acceptors (Lipinski definition) is 5. The van der Waals surface area contributed by atoms with E-state index in [1.54, 1.807) is 0 Å². The van der Waals surface area contributed by atoms with Crippen LogP contribution in [0.4, 0.5) is 0 Å². The van der Waals surface area contributed by atoms with Crippen LogP contribution in [0.1, 0.15) is 42.9 Å². The summed E-state index contributed by atoms with van der Waals surface area (Å²) in [7, 11) is 0. The molecule has 0 spiro atoms. The molecule has 7 heteroatoms. The van der Waals surface area contributed by atoms with Crippen LogP contribution in [0, 0.1) is 11.8 Å². The molecule has 0 aromatic heterocycles. The SMILES string of the molecule is O=C(COC(=O)CN1C(=O)C2CCCCC2C1=O)NC(Cc1ccccc1)c1ccccc1. The van der Waals surface area contributed by atoms with Crippen molar-refractivity contribution >= 4 is 23.7 Å². The first-order valence-electron chi connectivity index (χ1n) is 11.4. The van der Waals surface area contributed by atoms with Gasteiger partial charge in [-0.05, 0) is 30.4 Å². The molecule has 1 aliphatic carbocycles. The predicted molar refractivity (Wildman–Crippen MR) is 121 cm³/mol. The smallest absolute Gasteiger partial charge is 0.326 e. The van der Waals surface area contributed by atoms with E-state index in [1.807, 2.05) is 60.7 Å². The van der Waals surface area contributed by atoms with E-state index in [4.69, 9.17) is 4.74 Å². The minimum Gasteiger partial charge on any atom is -0.454 e. The van der Waals surface area contributed by atoms with Gasteiger partial charge in [0, 0.05) is 0 Å². The van der Waals surface area contributed by atoms with Gasteiger partial charge >= 0.3 is 5.97 Å². The monoisotopic (exact) mass is 448 g/mol. The largest absolute Gasteiger partial charge is 0.454 e. The van der Waals surface area contributed by atoms with Crippen molar-refractivity contribution in [3.63, 3.8) is 0 Å². The molecular weight excluding hydrogens is 420 g/mol. The Bertz CT molecular complexity index is 984. The van der Waals surface area contributed by atoms with Crippen LogP contribution in [0.25, 0.3) is 0 Å². The molecule has 2 fully saturated rings. The van der Waals surface area contributed by atoms with Crippen LogP contribution in [-0.4, -0.2) is 41.7 Å². The molecule has 172 valence electrons. The maximum Gasteiger partial charge on any atom is 0.326 e. The molecule has 1 heterocycles. The van der Waals surface area contributed by atoms with Gasteiger partial charge in [-0.2, -0.15) is 0 Å². The molecule has 1 N–H and O–H groups in total. The highest BCUT2D eigenvalue weighted by molar-refractivity contribution is 6.07. The maximum absolute atomic E-state index is 12.6. The van der Waals surface area contributed by atoms with E-state index in [9.17, 15) is 19.2 Å². The summed E-state index contributed by atoms with van der Waals surface area (Å²) < 4.78 is 5.11. The number of carbonyl (C=O) groups excluding carboxylic acids is 4. The number of nitrogens with zero attached hydrogens (tertiary/aromatic N) is 1. The van der Waals surface area contributed by atoms with Gasteiger partial charge in [0.05, 0.1) is 17.9 Å². The van der Waals surface area contributed by atoms with Gasteiger partial charge in [-0.3, -0.25) is 24.1 Å². The molecular formula is C26H28N2O5. The van der Waals surface area contributed by atoms with Crippen molar-refractivity contribution in [2.45, 2.75) is 38.1 Å². The first-order valence-corrected chi connectivity index (χ1v) is 11.4. The lowest BCUT2D eigenvalue weighted by atomic mass is 9.81. The number of carbonyl (C=O) groups is 4. The van der Waals surface area contributed by atoms with Crippen molar-refractivity contribution in [2.24, 2.45) is 11.8 Å². The van der Waals surface area contributed by atoms with Gasteiger partial charge in [0.2, 0.25) is 11.8 Å². The fraction of sp³-hybridized carbons (Fsp3) is 0.385. The fourth-order valence-corrected chi connectivity index (χ4v) is 4.73. The van der Waals surface area contributed by atoms with Crippen molar-refractivity contribution in [1.82, 2.24) is 10.2 Å². The summed E-state index contributed by atoms with van der Waals surface area (Å²) in [6.07, 6.45) is 3.80. The van der Waals surface area contributed by atoms with Crippen molar-refractivity contribution < 1.29 is 23.9 Å². The van der Waals surface area contributed by atoms with E-state index in [2.05, 4.69) is 5.32 Å². The number of benzene rings is 2. The van der Waals surface area contributed by atoms with Gasteiger partial charge in [-0.15, -0.1) is 0 Å². The van der Waals surface area contributed by atoms with Crippen LogP contribution in [0.5, 0.6) is 0 Å². The standard InChI is InChI=1S/C26H28N2O5/c29-23(27-22(19-11-5-2-6-12-19)15-18-9-3-1-4-10-18)17-33-24(30)16-28-25(31)20-13-7-8-14-21(20)26(28)32/h1-6,9-12,20-22H,7-8,13-17H2,(H,27,29). The zero-order valence-corrected chi connectivity index (χ0v) is 18.4. The molecule has 1 saturated carbocycles. The molecule has 4 rings (SSSR count). The lowest BCUT2D eigenvalue weighted by molar-refractivity contribution is -0.155. The molecule has 2 aromatic rings. The van der Waals surface area contributed by atoms with Gasteiger partial charge in [0.25, 0.3) is 5.91 Å². The van der Waals surface area contributed by atoms with E-state index in [-0.39, 0.29) is 29.7 Å². The minimum absolute atomic E-state index is 0.287. The van der Waals surface area contributed by atoms with Crippen molar-refractivity contribution in [3.8, 4) is 0 Å². The second kappa shape index (κ2) is 10.4. The van der Waals surface area contributed by atoms with Gasteiger partial charge in [0.15, 0.2) is 6.61 Å². The number of hydrogen-bond donors (Lipinski definition) is 1. The summed E-state index contributed by atoms with van der Waals surface area (Å²) in [5, 5.41) is 2.93. The Morgan fingerprint density at radius 2 is 1.48 bits per heavy atom. The average Bonchev–Trinajstić information content (AvgIpc) is 3.08. The number of likely N-dealkylation sites (tertiary alicyclic amines) is 1. The third kappa shape index (κ3) is 5.48. The summed E-state index contributed by atoms with van der Waals surface area (Å²) in [6, 6.07) is 19.1. The highest BCUT2D eigenvalue weighted by Gasteiger charge is 2.48. The Morgan fingerprint density at radius 3 is 2.09 bits per heavy atom. The predicted octanol–water partition coefficient (Wildman–Crippen LogP) is 2.81. The number of fused-ring (bicyclic) bond motifs is 1. The van der Waals surface area contributed by atoms with Crippen molar-refractivity contribution in [1.29, 1.82) is 0 Å². The Hall–Kier alpha value is -3.48. The molecule has 0 bridgehead atoms. The van der Waals surface area contributed by atoms with Crippen LogP contribution < -0.4 is 5.32 Å².